The minimum absolute atomic E-state index is 0.167. The van der Waals surface area contributed by atoms with E-state index in [2.05, 4.69) is 193 Å². The van der Waals surface area contributed by atoms with Crippen molar-refractivity contribution in [1.29, 1.82) is 0 Å². The van der Waals surface area contributed by atoms with Crippen LogP contribution in [0.1, 0.15) is 43.2 Å². The van der Waals surface area contributed by atoms with Gasteiger partial charge in [-0.3, -0.25) is 0 Å². The minimum atomic E-state index is 0.167. The van der Waals surface area contributed by atoms with Gasteiger partial charge in [-0.15, -0.1) is 0 Å². The molecule has 5 aliphatic rings. The fourth-order valence-electron chi connectivity index (χ4n) is 12.4. The zero-order valence-corrected chi connectivity index (χ0v) is 32.2. The van der Waals surface area contributed by atoms with E-state index in [-0.39, 0.29) is 5.41 Å². The van der Waals surface area contributed by atoms with Crippen LogP contribution in [0, 0.1) is 23.7 Å². The highest BCUT2D eigenvalue weighted by Gasteiger charge is 2.61. The van der Waals surface area contributed by atoms with Gasteiger partial charge in [-0.1, -0.05) is 158 Å². The Hall–Kier alpha value is -6.18. The summed E-state index contributed by atoms with van der Waals surface area (Å²) < 4.78 is 0. The van der Waals surface area contributed by atoms with Crippen molar-refractivity contribution in [2.24, 2.45) is 23.7 Å². The van der Waals surface area contributed by atoms with E-state index >= 15 is 0 Å². The molecular formula is C56H45N. The lowest BCUT2D eigenvalue weighted by Crippen LogP contribution is -2.55. The Labute approximate surface area is 336 Å². The number of anilines is 3. The molecule has 0 N–H and O–H groups in total. The molecule has 0 aromatic heterocycles. The molecule has 13 rings (SSSR count). The predicted molar refractivity (Wildman–Crippen MR) is 238 cm³/mol. The second-order valence-electron chi connectivity index (χ2n) is 17.3. The molecule has 0 amide bonds. The molecular weight excluding hydrogens is 687 g/mol. The maximum Gasteiger partial charge on any atom is 0.0540 e. The van der Waals surface area contributed by atoms with E-state index in [1.807, 2.05) is 0 Å². The molecule has 0 aliphatic heterocycles. The quantitative estimate of drug-likeness (QED) is 0.165. The first-order valence-electron chi connectivity index (χ1n) is 21.1. The van der Waals surface area contributed by atoms with Gasteiger partial charge in [0.2, 0.25) is 0 Å². The number of para-hydroxylation sites is 1. The molecule has 0 radical (unpaired) electrons. The predicted octanol–water partition coefficient (Wildman–Crippen LogP) is 15.0. The van der Waals surface area contributed by atoms with Crippen LogP contribution in [0.5, 0.6) is 0 Å². The zero-order valence-electron chi connectivity index (χ0n) is 32.2. The van der Waals surface area contributed by atoms with E-state index in [0.29, 0.717) is 0 Å². The molecule has 1 nitrogen and oxygen atoms in total. The Morgan fingerprint density at radius 2 is 0.895 bits per heavy atom. The van der Waals surface area contributed by atoms with Crippen molar-refractivity contribution in [3.63, 3.8) is 0 Å². The molecule has 0 unspecified atom stereocenters. The summed E-state index contributed by atoms with van der Waals surface area (Å²) in [6.45, 7) is 0. The third-order valence-electron chi connectivity index (χ3n) is 14.5. The summed E-state index contributed by atoms with van der Waals surface area (Å²) in [5.41, 5.74) is 17.3. The van der Waals surface area contributed by atoms with Crippen molar-refractivity contribution in [1.82, 2.24) is 0 Å². The molecule has 274 valence electrons. The monoisotopic (exact) mass is 731 g/mol. The van der Waals surface area contributed by atoms with Crippen LogP contribution in [-0.4, -0.2) is 0 Å². The molecule has 4 saturated carbocycles. The molecule has 8 aromatic rings. The summed E-state index contributed by atoms with van der Waals surface area (Å²) >= 11 is 0. The van der Waals surface area contributed by atoms with Crippen molar-refractivity contribution < 1.29 is 0 Å². The first-order valence-corrected chi connectivity index (χ1v) is 21.1. The van der Waals surface area contributed by atoms with Crippen molar-refractivity contribution >= 4 is 27.8 Å². The van der Waals surface area contributed by atoms with Gasteiger partial charge in [-0.2, -0.15) is 0 Å². The molecule has 1 spiro atoms. The summed E-state index contributed by atoms with van der Waals surface area (Å²) in [7, 11) is 0. The number of nitrogens with zero attached hydrogens (tertiary/aromatic N) is 1. The van der Waals surface area contributed by atoms with Gasteiger partial charge in [0.1, 0.15) is 0 Å². The summed E-state index contributed by atoms with van der Waals surface area (Å²) in [6, 6.07) is 70.3. The largest absolute Gasteiger partial charge is 0.309 e. The number of hydrogen-bond acceptors (Lipinski definition) is 1. The Morgan fingerprint density at radius 1 is 0.351 bits per heavy atom. The van der Waals surface area contributed by atoms with Crippen LogP contribution in [0.15, 0.2) is 188 Å². The van der Waals surface area contributed by atoms with Gasteiger partial charge in [-0.05, 0) is 142 Å². The third kappa shape index (κ3) is 5.01. The maximum atomic E-state index is 2.62. The summed E-state index contributed by atoms with van der Waals surface area (Å²) in [5.74, 6) is 3.39. The number of fused-ring (bicyclic) bond motifs is 4. The van der Waals surface area contributed by atoms with Gasteiger partial charge in [-0.25, -0.2) is 0 Å². The van der Waals surface area contributed by atoms with Crippen molar-refractivity contribution in [2.75, 3.05) is 4.90 Å². The molecule has 0 heterocycles. The van der Waals surface area contributed by atoms with E-state index in [1.54, 1.807) is 11.1 Å². The molecule has 0 atom stereocenters. The van der Waals surface area contributed by atoms with E-state index in [9.17, 15) is 0 Å². The number of hydrogen-bond donors (Lipinski definition) is 0. The molecule has 1 heteroatoms. The molecule has 0 saturated heterocycles. The molecule has 57 heavy (non-hydrogen) atoms. The first kappa shape index (κ1) is 33.0. The average molecular weight is 732 g/mol. The first-order chi connectivity index (χ1) is 28.2. The lowest BCUT2D eigenvalue weighted by atomic mass is 9.43. The van der Waals surface area contributed by atoms with Crippen LogP contribution < -0.4 is 4.90 Å². The Morgan fingerprint density at radius 3 is 1.61 bits per heavy atom. The lowest BCUT2D eigenvalue weighted by molar-refractivity contribution is -0.0399. The summed E-state index contributed by atoms with van der Waals surface area (Å²) in [5, 5.41) is 2.47. The van der Waals surface area contributed by atoms with Crippen LogP contribution in [0.4, 0.5) is 17.1 Å². The second kappa shape index (κ2) is 12.9. The molecule has 4 bridgehead atoms. The van der Waals surface area contributed by atoms with Crippen LogP contribution in [0.25, 0.3) is 55.3 Å². The third-order valence-corrected chi connectivity index (χ3v) is 14.5. The van der Waals surface area contributed by atoms with Crippen molar-refractivity contribution in [2.45, 2.75) is 37.5 Å². The van der Waals surface area contributed by atoms with E-state index in [0.717, 1.165) is 35.0 Å². The SMILES string of the molecule is c1ccc(-c2ccccc2N(c2ccc(-c3ccc4c(c3)C3(c5ccccc5-4)C4CC5CC(C4)CC3C5)cc2)c2ccc(-c3ccccc3)c3ccccc23)cc1. The highest BCUT2D eigenvalue weighted by Crippen LogP contribution is 2.69. The Bertz CT molecular complexity index is 2770. The average Bonchev–Trinajstić information content (AvgIpc) is 3.56. The smallest absolute Gasteiger partial charge is 0.0540 e. The maximum absolute atomic E-state index is 2.62. The standard InChI is InChI=1S/C56H45N/c1-3-13-40(14-4-1)46-29-30-55(51-20-8-7-18-48(46)51)57(54-22-12-10-17-47(54)41-15-5-2-6-16-41)45-26-23-39(24-27-45)42-25-28-50-49-19-9-11-21-52(49)56(53(50)36-42)43-32-37-31-38(34-43)35-44(56)33-37/h1-30,36-38,43-44H,31-35H2. The van der Waals surface area contributed by atoms with Gasteiger partial charge in [0.15, 0.2) is 0 Å². The van der Waals surface area contributed by atoms with Gasteiger partial charge in [0.25, 0.3) is 0 Å². The zero-order chi connectivity index (χ0) is 37.5. The van der Waals surface area contributed by atoms with Gasteiger partial charge in [0, 0.05) is 22.1 Å². The molecule has 5 aliphatic carbocycles. The van der Waals surface area contributed by atoms with Crippen LogP contribution in [0.2, 0.25) is 0 Å². The fourth-order valence-corrected chi connectivity index (χ4v) is 12.4. The Balaban J connectivity index is 1.00. The van der Waals surface area contributed by atoms with E-state index in [1.165, 1.54) is 93.1 Å². The topological polar surface area (TPSA) is 3.24 Å². The molecule has 8 aromatic carbocycles. The van der Waals surface area contributed by atoms with Gasteiger partial charge >= 0.3 is 0 Å². The van der Waals surface area contributed by atoms with Gasteiger partial charge in [0.05, 0.1) is 11.4 Å². The molecule has 4 fully saturated rings. The lowest BCUT2D eigenvalue weighted by Gasteiger charge is -2.61. The van der Waals surface area contributed by atoms with Crippen molar-refractivity contribution in [3.05, 3.63) is 199 Å². The fraction of sp³-hybridized carbons (Fsp3) is 0.179. The highest BCUT2D eigenvalue weighted by molar-refractivity contribution is 6.07. The normalized spacial score (nSPS) is 22.5. The summed E-state index contributed by atoms with van der Waals surface area (Å²) in [4.78, 5) is 2.48. The van der Waals surface area contributed by atoms with Gasteiger partial charge < -0.3 is 4.90 Å². The number of rotatable bonds is 6. The summed E-state index contributed by atoms with van der Waals surface area (Å²) in [6.07, 6.45) is 7.09. The Kier molecular flexibility index (Phi) is 7.49. The second-order valence-corrected chi connectivity index (χ2v) is 17.3. The highest BCUT2D eigenvalue weighted by atomic mass is 15.1. The number of benzene rings is 8. The van der Waals surface area contributed by atoms with Crippen LogP contribution in [-0.2, 0) is 5.41 Å². The van der Waals surface area contributed by atoms with E-state index < -0.39 is 0 Å². The van der Waals surface area contributed by atoms with Crippen molar-refractivity contribution in [3.8, 4) is 44.5 Å². The van der Waals surface area contributed by atoms with Crippen LogP contribution in [0.3, 0.4) is 0 Å². The van der Waals surface area contributed by atoms with E-state index in [4.69, 9.17) is 0 Å². The van der Waals surface area contributed by atoms with Crippen LogP contribution >= 0.6 is 0 Å². The minimum Gasteiger partial charge on any atom is -0.309 e.